The summed E-state index contributed by atoms with van der Waals surface area (Å²) in [6.45, 7) is 8.69. The number of aldehydes is 1. The first-order valence-electron chi connectivity index (χ1n) is 4.23. The average Bonchev–Trinajstić information content (AvgIpc) is 2.26. The SMILES string of the molecule is [C-]#[N+]c1ccc(C(C)C=O)cc1OC. The minimum Gasteiger partial charge on any atom is -0.508 e. The molecule has 0 aliphatic heterocycles. The van der Waals surface area contributed by atoms with Crippen LogP contribution in [0.4, 0.5) is 5.69 Å². The average molecular weight is 189 g/mol. The van der Waals surface area contributed by atoms with Gasteiger partial charge in [0.25, 0.3) is 0 Å². The van der Waals surface area contributed by atoms with Gasteiger partial charge in [-0.25, -0.2) is 4.85 Å². The Morgan fingerprint density at radius 2 is 2.29 bits per heavy atom. The van der Waals surface area contributed by atoms with E-state index in [1.54, 1.807) is 25.1 Å². The summed E-state index contributed by atoms with van der Waals surface area (Å²) in [4.78, 5) is 13.9. The standard InChI is InChI=1S/C11H11NO2/c1-8(7-13)9-4-5-10(12-2)11(6-9)14-3/h4-8H,1,3H3. The Labute approximate surface area is 83.1 Å². The third-order valence-corrected chi connectivity index (χ3v) is 2.05. The fourth-order valence-electron chi connectivity index (χ4n) is 1.15. The molecule has 0 amide bonds. The normalized spacial score (nSPS) is 11.5. The minimum atomic E-state index is -0.163. The third kappa shape index (κ3) is 1.91. The molecule has 1 aromatic rings. The van der Waals surface area contributed by atoms with Crippen LogP contribution in [0.1, 0.15) is 18.4 Å². The van der Waals surface area contributed by atoms with Gasteiger partial charge < -0.3 is 9.53 Å². The molecule has 1 atom stereocenters. The van der Waals surface area contributed by atoms with Crippen LogP contribution >= 0.6 is 0 Å². The molecule has 0 aliphatic rings. The number of ether oxygens (including phenoxy) is 1. The predicted molar refractivity (Wildman–Crippen MR) is 53.7 cm³/mol. The van der Waals surface area contributed by atoms with Crippen molar-refractivity contribution in [2.24, 2.45) is 0 Å². The lowest BCUT2D eigenvalue weighted by molar-refractivity contribution is -0.108. The van der Waals surface area contributed by atoms with Gasteiger partial charge in [-0.05, 0) is 11.6 Å². The van der Waals surface area contributed by atoms with Crippen LogP contribution in [0.25, 0.3) is 4.85 Å². The Bertz CT molecular complexity index is 379. The van der Waals surface area contributed by atoms with Gasteiger partial charge in [-0.15, -0.1) is 0 Å². The molecular weight excluding hydrogens is 178 g/mol. The zero-order valence-corrected chi connectivity index (χ0v) is 8.15. The maximum absolute atomic E-state index is 10.6. The lowest BCUT2D eigenvalue weighted by atomic mass is 10.0. The van der Waals surface area contributed by atoms with Crippen molar-refractivity contribution in [3.63, 3.8) is 0 Å². The van der Waals surface area contributed by atoms with Gasteiger partial charge in [0, 0.05) is 5.92 Å². The maximum Gasteiger partial charge on any atom is 0.228 e. The summed E-state index contributed by atoms with van der Waals surface area (Å²) >= 11 is 0. The van der Waals surface area contributed by atoms with Crippen molar-refractivity contribution in [1.29, 1.82) is 0 Å². The molecule has 1 unspecified atom stereocenters. The van der Waals surface area contributed by atoms with Crippen molar-refractivity contribution in [3.05, 3.63) is 35.2 Å². The smallest absolute Gasteiger partial charge is 0.228 e. The van der Waals surface area contributed by atoms with Crippen LogP contribution in [-0.2, 0) is 4.79 Å². The van der Waals surface area contributed by atoms with Crippen LogP contribution < -0.4 is 4.74 Å². The molecule has 0 aliphatic carbocycles. The summed E-state index contributed by atoms with van der Waals surface area (Å²) in [5.41, 5.74) is 1.33. The number of carbonyl (C=O) groups is 1. The summed E-state index contributed by atoms with van der Waals surface area (Å²) < 4.78 is 5.04. The summed E-state index contributed by atoms with van der Waals surface area (Å²) in [6, 6.07) is 5.17. The van der Waals surface area contributed by atoms with Gasteiger partial charge in [-0.1, -0.05) is 19.1 Å². The van der Waals surface area contributed by atoms with Gasteiger partial charge in [0.15, 0.2) is 0 Å². The number of rotatable bonds is 3. The van der Waals surface area contributed by atoms with E-state index in [0.29, 0.717) is 11.4 Å². The Morgan fingerprint density at radius 3 is 2.79 bits per heavy atom. The Kier molecular flexibility index (Phi) is 3.24. The second kappa shape index (κ2) is 4.43. The van der Waals surface area contributed by atoms with E-state index in [2.05, 4.69) is 4.85 Å². The van der Waals surface area contributed by atoms with Crippen LogP contribution in [0.15, 0.2) is 18.2 Å². The zero-order chi connectivity index (χ0) is 10.6. The number of benzene rings is 1. The molecule has 3 nitrogen and oxygen atoms in total. The fourth-order valence-corrected chi connectivity index (χ4v) is 1.15. The summed E-state index contributed by atoms with van der Waals surface area (Å²) in [6.07, 6.45) is 0.867. The van der Waals surface area contributed by atoms with Gasteiger partial charge in [0.05, 0.1) is 13.7 Å². The van der Waals surface area contributed by atoms with Gasteiger partial charge in [0.1, 0.15) is 12.0 Å². The van der Waals surface area contributed by atoms with Crippen molar-refractivity contribution in [2.45, 2.75) is 12.8 Å². The Balaban J connectivity index is 3.15. The van der Waals surface area contributed by atoms with Crippen LogP contribution in [0.5, 0.6) is 5.75 Å². The van der Waals surface area contributed by atoms with Gasteiger partial charge in [-0.3, -0.25) is 0 Å². The number of nitrogens with zero attached hydrogens (tertiary/aromatic N) is 1. The zero-order valence-electron chi connectivity index (χ0n) is 8.15. The first-order valence-corrected chi connectivity index (χ1v) is 4.23. The van der Waals surface area contributed by atoms with Crippen molar-refractivity contribution in [3.8, 4) is 5.75 Å². The second-order valence-corrected chi connectivity index (χ2v) is 2.97. The fraction of sp³-hybridized carbons (Fsp3) is 0.273. The molecule has 0 spiro atoms. The number of methoxy groups -OCH3 is 1. The summed E-state index contributed by atoms with van der Waals surface area (Å²) in [5.74, 6) is 0.356. The molecule has 0 saturated heterocycles. The molecule has 0 radical (unpaired) electrons. The largest absolute Gasteiger partial charge is 0.508 e. The molecule has 0 saturated carbocycles. The van der Waals surface area contributed by atoms with Crippen molar-refractivity contribution < 1.29 is 9.53 Å². The Morgan fingerprint density at radius 1 is 1.57 bits per heavy atom. The first-order chi connectivity index (χ1) is 6.72. The molecule has 0 heterocycles. The molecule has 72 valence electrons. The van der Waals surface area contributed by atoms with Crippen molar-refractivity contribution >= 4 is 12.0 Å². The van der Waals surface area contributed by atoms with Crippen molar-refractivity contribution in [2.75, 3.05) is 7.11 Å². The molecule has 3 heteroatoms. The highest BCUT2D eigenvalue weighted by atomic mass is 16.5. The van der Waals surface area contributed by atoms with E-state index in [1.807, 2.05) is 0 Å². The second-order valence-electron chi connectivity index (χ2n) is 2.97. The van der Waals surface area contributed by atoms with Gasteiger partial charge >= 0.3 is 0 Å². The van der Waals surface area contributed by atoms with E-state index in [-0.39, 0.29) is 5.92 Å². The van der Waals surface area contributed by atoms with E-state index in [1.165, 1.54) is 7.11 Å². The molecule has 1 aromatic carbocycles. The molecule has 1 rings (SSSR count). The van der Waals surface area contributed by atoms with E-state index in [4.69, 9.17) is 11.3 Å². The van der Waals surface area contributed by atoms with E-state index >= 15 is 0 Å². The maximum atomic E-state index is 10.6. The number of hydrogen-bond donors (Lipinski definition) is 0. The molecule has 0 aromatic heterocycles. The van der Waals surface area contributed by atoms with Crippen LogP contribution in [0.2, 0.25) is 0 Å². The van der Waals surface area contributed by atoms with E-state index in [0.717, 1.165) is 11.8 Å². The minimum absolute atomic E-state index is 0.163. The molecule has 0 fully saturated rings. The summed E-state index contributed by atoms with van der Waals surface area (Å²) in [5, 5.41) is 0. The number of carbonyl (C=O) groups excluding carboxylic acids is 1. The third-order valence-electron chi connectivity index (χ3n) is 2.05. The summed E-state index contributed by atoms with van der Waals surface area (Å²) in [7, 11) is 1.51. The predicted octanol–water partition coefficient (Wildman–Crippen LogP) is 2.55. The van der Waals surface area contributed by atoms with Crippen LogP contribution in [0.3, 0.4) is 0 Å². The quantitative estimate of drug-likeness (QED) is 0.540. The van der Waals surface area contributed by atoms with E-state index in [9.17, 15) is 4.79 Å². The highest BCUT2D eigenvalue weighted by molar-refractivity contribution is 5.65. The number of hydrogen-bond acceptors (Lipinski definition) is 2. The van der Waals surface area contributed by atoms with Gasteiger partial charge in [-0.2, -0.15) is 0 Å². The molecule has 14 heavy (non-hydrogen) atoms. The van der Waals surface area contributed by atoms with Gasteiger partial charge in [0.2, 0.25) is 5.69 Å². The monoisotopic (exact) mass is 189 g/mol. The van der Waals surface area contributed by atoms with Crippen LogP contribution in [-0.4, -0.2) is 13.4 Å². The van der Waals surface area contributed by atoms with Crippen LogP contribution in [0, 0.1) is 6.57 Å². The highest BCUT2D eigenvalue weighted by Gasteiger charge is 2.08. The van der Waals surface area contributed by atoms with E-state index < -0.39 is 0 Å². The lowest BCUT2D eigenvalue weighted by Gasteiger charge is -2.08. The molecular formula is C11H11NO2. The topological polar surface area (TPSA) is 30.7 Å². The molecule has 0 bridgehead atoms. The highest BCUT2D eigenvalue weighted by Crippen LogP contribution is 2.30. The lowest BCUT2D eigenvalue weighted by Crippen LogP contribution is -1.94. The van der Waals surface area contributed by atoms with Crippen molar-refractivity contribution in [1.82, 2.24) is 0 Å². The first kappa shape index (κ1) is 10.3. The molecule has 0 N–H and O–H groups in total. The Hall–Kier alpha value is -1.82.